The Bertz CT molecular complexity index is 727. The molecule has 1 fully saturated rings. The largest absolute Gasteiger partial charge is 0.378 e. The van der Waals surface area contributed by atoms with E-state index in [-0.39, 0.29) is 17.5 Å². The molecule has 0 unspecified atom stereocenters. The van der Waals surface area contributed by atoms with Crippen molar-refractivity contribution >= 4 is 28.8 Å². The number of likely N-dealkylation sites (N-methyl/N-ethyl adjacent to an activating group) is 1. The smallest absolute Gasteiger partial charge is 0.329 e. The molecule has 1 aliphatic rings. The molecule has 1 aromatic heterocycles. The number of nitrogens with two attached hydrogens (primary N) is 1. The first-order chi connectivity index (χ1) is 11.5. The second-order valence-corrected chi connectivity index (χ2v) is 5.68. The molecule has 2 heterocycles. The predicted octanol–water partition coefficient (Wildman–Crippen LogP) is 1.46. The maximum atomic E-state index is 10.7. The van der Waals surface area contributed by atoms with Gasteiger partial charge in [0.25, 0.3) is 0 Å². The Kier molecular flexibility index (Phi) is 4.43. The van der Waals surface area contributed by atoms with Crippen LogP contribution in [0.5, 0.6) is 0 Å². The van der Waals surface area contributed by atoms with Crippen LogP contribution in [0.1, 0.15) is 0 Å². The summed E-state index contributed by atoms with van der Waals surface area (Å²) in [5.41, 5.74) is 7.22. The predicted molar refractivity (Wildman–Crippen MR) is 92.5 cm³/mol. The number of piperazine rings is 1. The minimum absolute atomic E-state index is 0.161. The first-order valence-electron chi connectivity index (χ1n) is 7.60. The van der Waals surface area contributed by atoms with Gasteiger partial charge in [-0.1, -0.05) is 0 Å². The minimum atomic E-state index is -0.607. The van der Waals surface area contributed by atoms with Crippen molar-refractivity contribution in [3.8, 4) is 0 Å². The first kappa shape index (κ1) is 15.9. The number of benzene rings is 1. The molecule has 1 aromatic carbocycles. The number of nitrogen functional groups attached to an aromatic ring is 1. The molecule has 0 saturated carbocycles. The third-order valence-electron chi connectivity index (χ3n) is 3.99. The lowest BCUT2D eigenvalue weighted by atomic mass is 10.2. The van der Waals surface area contributed by atoms with Crippen molar-refractivity contribution in [3.05, 3.63) is 40.6 Å². The molecule has 1 aliphatic heterocycles. The maximum absolute atomic E-state index is 10.7. The van der Waals surface area contributed by atoms with E-state index < -0.39 is 4.92 Å². The van der Waals surface area contributed by atoms with Gasteiger partial charge in [0.2, 0.25) is 11.8 Å². The second kappa shape index (κ2) is 6.67. The first-order valence-corrected chi connectivity index (χ1v) is 7.60. The molecule has 126 valence electrons. The van der Waals surface area contributed by atoms with Crippen molar-refractivity contribution in [2.45, 2.75) is 0 Å². The van der Waals surface area contributed by atoms with E-state index in [0.29, 0.717) is 0 Å². The van der Waals surface area contributed by atoms with Crippen LogP contribution in [0.25, 0.3) is 0 Å². The highest BCUT2D eigenvalue weighted by Crippen LogP contribution is 2.23. The summed E-state index contributed by atoms with van der Waals surface area (Å²) < 4.78 is 0. The van der Waals surface area contributed by atoms with Gasteiger partial charge in [-0.05, 0) is 31.3 Å². The summed E-state index contributed by atoms with van der Waals surface area (Å²) in [6, 6.07) is 7.91. The Hall–Kier alpha value is -2.94. The molecule has 0 spiro atoms. The van der Waals surface area contributed by atoms with Gasteiger partial charge in [-0.3, -0.25) is 10.1 Å². The second-order valence-electron chi connectivity index (χ2n) is 5.68. The summed E-state index contributed by atoms with van der Waals surface area (Å²) in [5, 5.41) is 13.7. The van der Waals surface area contributed by atoms with E-state index in [1.54, 1.807) is 0 Å². The molecule has 0 bridgehead atoms. The van der Waals surface area contributed by atoms with Crippen LogP contribution in [0.3, 0.4) is 0 Å². The molecule has 2 aromatic rings. The summed E-state index contributed by atoms with van der Waals surface area (Å²) in [7, 11) is 2.13. The fourth-order valence-corrected chi connectivity index (χ4v) is 2.54. The molecule has 9 nitrogen and oxygen atoms in total. The summed E-state index contributed by atoms with van der Waals surface area (Å²) in [6.07, 6.45) is 1.10. The molecule has 0 atom stereocenters. The molecule has 24 heavy (non-hydrogen) atoms. The van der Waals surface area contributed by atoms with Crippen molar-refractivity contribution in [1.29, 1.82) is 0 Å². The van der Waals surface area contributed by atoms with Crippen molar-refractivity contribution in [2.24, 2.45) is 0 Å². The number of rotatable bonds is 4. The molecule has 0 amide bonds. The number of aromatic nitrogens is 2. The van der Waals surface area contributed by atoms with Crippen LogP contribution in [-0.2, 0) is 0 Å². The number of nitro groups is 1. The molecule has 3 rings (SSSR count). The van der Waals surface area contributed by atoms with Crippen LogP contribution in [0.15, 0.2) is 30.5 Å². The lowest BCUT2D eigenvalue weighted by Gasteiger charge is -2.34. The van der Waals surface area contributed by atoms with Crippen LogP contribution < -0.4 is 16.0 Å². The fourth-order valence-electron chi connectivity index (χ4n) is 2.54. The van der Waals surface area contributed by atoms with Crippen molar-refractivity contribution in [1.82, 2.24) is 14.9 Å². The molecule has 3 N–H and O–H groups in total. The van der Waals surface area contributed by atoms with Crippen LogP contribution in [0.4, 0.5) is 28.8 Å². The van der Waals surface area contributed by atoms with Gasteiger partial charge < -0.3 is 20.9 Å². The quantitative estimate of drug-likeness (QED) is 0.640. The Morgan fingerprint density at radius 2 is 1.88 bits per heavy atom. The van der Waals surface area contributed by atoms with E-state index in [0.717, 1.165) is 43.8 Å². The Labute approximate surface area is 139 Å². The zero-order valence-electron chi connectivity index (χ0n) is 13.3. The number of nitrogens with one attached hydrogen (secondary N) is 1. The molecule has 9 heteroatoms. The minimum Gasteiger partial charge on any atom is -0.378 e. The van der Waals surface area contributed by atoms with E-state index in [1.807, 2.05) is 24.3 Å². The van der Waals surface area contributed by atoms with Crippen LogP contribution in [-0.4, -0.2) is 53.0 Å². The van der Waals surface area contributed by atoms with Crippen molar-refractivity contribution < 1.29 is 4.92 Å². The van der Waals surface area contributed by atoms with Crippen molar-refractivity contribution in [3.63, 3.8) is 0 Å². The van der Waals surface area contributed by atoms with Crippen molar-refractivity contribution in [2.75, 3.05) is 49.2 Å². The topological polar surface area (TPSA) is 113 Å². The third kappa shape index (κ3) is 3.51. The SMILES string of the molecule is CN1CCN(c2ccc(Nc3ncc([N+](=O)[O-])c(N)n3)cc2)CC1. The van der Waals surface area contributed by atoms with E-state index in [2.05, 4.69) is 32.1 Å². The van der Waals surface area contributed by atoms with Gasteiger partial charge in [-0.15, -0.1) is 0 Å². The zero-order chi connectivity index (χ0) is 17.1. The standard InChI is InChI=1S/C15H19N7O2/c1-20-6-8-21(9-7-20)12-4-2-11(3-5-12)18-15-17-10-13(22(23)24)14(16)19-15/h2-5,10H,6-9H2,1H3,(H3,16,17,18,19). The van der Waals surface area contributed by atoms with Gasteiger partial charge in [0.05, 0.1) is 4.92 Å². The van der Waals surface area contributed by atoms with Gasteiger partial charge in [0, 0.05) is 37.6 Å². The number of nitrogens with zero attached hydrogens (tertiary/aromatic N) is 5. The van der Waals surface area contributed by atoms with Gasteiger partial charge in [0.1, 0.15) is 6.20 Å². The van der Waals surface area contributed by atoms with Crippen LogP contribution >= 0.6 is 0 Å². The normalized spacial score (nSPS) is 15.3. The average Bonchev–Trinajstić information content (AvgIpc) is 2.56. The molecule has 0 radical (unpaired) electrons. The molecular formula is C15H19N7O2. The van der Waals surface area contributed by atoms with E-state index in [1.165, 1.54) is 0 Å². The van der Waals surface area contributed by atoms with Gasteiger partial charge in [-0.2, -0.15) is 4.98 Å². The highest BCUT2D eigenvalue weighted by molar-refractivity contribution is 5.61. The molecular weight excluding hydrogens is 310 g/mol. The summed E-state index contributed by atoms with van der Waals surface area (Å²) >= 11 is 0. The van der Waals surface area contributed by atoms with E-state index in [9.17, 15) is 10.1 Å². The fraction of sp³-hybridized carbons (Fsp3) is 0.333. The summed E-state index contributed by atoms with van der Waals surface area (Å²) in [6.45, 7) is 4.11. The summed E-state index contributed by atoms with van der Waals surface area (Å²) in [4.78, 5) is 22.6. The Balaban J connectivity index is 1.68. The van der Waals surface area contributed by atoms with E-state index in [4.69, 9.17) is 5.73 Å². The zero-order valence-corrected chi connectivity index (χ0v) is 13.3. The average molecular weight is 329 g/mol. The number of hydrogen-bond acceptors (Lipinski definition) is 8. The van der Waals surface area contributed by atoms with E-state index >= 15 is 0 Å². The lowest BCUT2D eigenvalue weighted by molar-refractivity contribution is -0.384. The van der Waals surface area contributed by atoms with Gasteiger partial charge in [-0.25, -0.2) is 4.98 Å². The maximum Gasteiger partial charge on any atom is 0.329 e. The third-order valence-corrected chi connectivity index (χ3v) is 3.99. The molecule has 1 saturated heterocycles. The number of hydrogen-bond donors (Lipinski definition) is 2. The van der Waals surface area contributed by atoms with Crippen LogP contribution in [0, 0.1) is 10.1 Å². The van der Waals surface area contributed by atoms with Gasteiger partial charge >= 0.3 is 5.69 Å². The lowest BCUT2D eigenvalue weighted by Crippen LogP contribution is -2.44. The molecule has 0 aliphatic carbocycles. The van der Waals surface area contributed by atoms with Crippen LogP contribution in [0.2, 0.25) is 0 Å². The Morgan fingerprint density at radius 1 is 1.21 bits per heavy atom. The number of anilines is 4. The highest BCUT2D eigenvalue weighted by Gasteiger charge is 2.15. The highest BCUT2D eigenvalue weighted by atomic mass is 16.6. The summed E-state index contributed by atoms with van der Waals surface area (Å²) in [5.74, 6) is 0.0667. The monoisotopic (exact) mass is 329 g/mol. The Morgan fingerprint density at radius 3 is 2.46 bits per heavy atom. The van der Waals surface area contributed by atoms with Gasteiger partial charge in [0.15, 0.2) is 0 Å².